The fraction of sp³-hybridized carbons (Fsp3) is 0.667. The lowest BCUT2D eigenvalue weighted by molar-refractivity contribution is 0.385. The van der Waals surface area contributed by atoms with Crippen LogP contribution in [0, 0.1) is 6.92 Å². The van der Waals surface area contributed by atoms with Crippen LogP contribution in [0.3, 0.4) is 0 Å². The van der Waals surface area contributed by atoms with E-state index in [1.807, 2.05) is 13.0 Å². The van der Waals surface area contributed by atoms with Gasteiger partial charge in [-0.05, 0) is 19.8 Å². The highest BCUT2D eigenvalue weighted by atomic mass is 32.2. The van der Waals surface area contributed by atoms with Crippen molar-refractivity contribution in [2.45, 2.75) is 50.4 Å². The zero-order valence-electron chi connectivity index (χ0n) is 9.98. The van der Waals surface area contributed by atoms with Gasteiger partial charge in [0.2, 0.25) is 0 Å². The van der Waals surface area contributed by atoms with Crippen LogP contribution in [0.1, 0.15) is 37.1 Å². The van der Waals surface area contributed by atoms with Gasteiger partial charge in [0.05, 0.1) is 17.8 Å². The third kappa shape index (κ3) is 2.49. The predicted octanol–water partition coefficient (Wildman–Crippen LogP) is 2.49. The molecule has 1 saturated carbocycles. The number of hydrogen-bond donors (Lipinski definition) is 1. The molecule has 17 heavy (non-hydrogen) atoms. The van der Waals surface area contributed by atoms with Crippen molar-refractivity contribution in [3.05, 3.63) is 17.5 Å². The van der Waals surface area contributed by atoms with Crippen molar-refractivity contribution in [3.8, 4) is 0 Å². The molecule has 0 aromatic carbocycles. The minimum atomic E-state index is 0.519. The number of aryl methyl sites for hydroxylation is 1. The number of thioether (sulfide) groups is 1. The van der Waals surface area contributed by atoms with E-state index in [1.54, 1.807) is 11.8 Å². The molecule has 2 aliphatic rings. The number of hydrogen-bond acceptors (Lipinski definition) is 5. The van der Waals surface area contributed by atoms with Gasteiger partial charge < -0.3 is 9.84 Å². The van der Waals surface area contributed by atoms with Crippen molar-refractivity contribution < 1.29 is 4.52 Å². The summed E-state index contributed by atoms with van der Waals surface area (Å²) in [6.45, 7) is 1.92. The molecule has 1 fully saturated rings. The summed E-state index contributed by atoms with van der Waals surface area (Å²) in [4.78, 5) is 4.74. The van der Waals surface area contributed by atoms with Crippen LogP contribution in [0.2, 0.25) is 0 Å². The summed E-state index contributed by atoms with van der Waals surface area (Å²) in [5.74, 6) is 1.71. The second-order valence-corrected chi connectivity index (χ2v) is 5.72. The van der Waals surface area contributed by atoms with Gasteiger partial charge >= 0.3 is 0 Å². The molecule has 1 aromatic rings. The summed E-state index contributed by atoms with van der Waals surface area (Å²) in [6.07, 6.45) is 5.17. The minimum Gasteiger partial charge on any atom is -0.361 e. The van der Waals surface area contributed by atoms with E-state index >= 15 is 0 Å². The summed E-state index contributed by atoms with van der Waals surface area (Å²) >= 11 is 1.73. The van der Waals surface area contributed by atoms with E-state index in [2.05, 4.69) is 10.5 Å². The normalized spacial score (nSPS) is 27.5. The van der Waals surface area contributed by atoms with Gasteiger partial charge in [0.15, 0.2) is 5.17 Å². The monoisotopic (exact) mass is 251 g/mol. The van der Waals surface area contributed by atoms with Crippen LogP contribution < -0.4 is 5.32 Å². The van der Waals surface area contributed by atoms with Crippen molar-refractivity contribution >= 4 is 16.9 Å². The first kappa shape index (κ1) is 11.1. The number of aliphatic imine (C=N–C) groups is 1. The van der Waals surface area contributed by atoms with Crippen molar-refractivity contribution in [1.82, 2.24) is 10.5 Å². The lowest BCUT2D eigenvalue weighted by Crippen LogP contribution is -2.36. The van der Waals surface area contributed by atoms with E-state index in [9.17, 15) is 0 Å². The Kier molecular flexibility index (Phi) is 3.09. The van der Waals surface area contributed by atoms with Gasteiger partial charge in [0, 0.05) is 11.8 Å². The van der Waals surface area contributed by atoms with Crippen LogP contribution in [-0.2, 0) is 5.75 Å². The highest BCUT2D eigenvalue weighted by molar-refractivity contribution is 8.13. The fourth-order valence-electron chi connectivity index (χ4n) is 2.49. The van der Waals surface area contributed by atoms with Crippen molar-refractivity contribution in [2.75, 3.05) is 0 Å². The summed E-state index contributed by atoms with van der Waals surface area (Å²) in [5.41, 5.74) is 0.992. The molecule has 0 spiro atoms. The third-order valence-corrected chi connectivity index (χ3v) is 4.29. The number of nitrogens with zero attached hydrogens (tertiary/aromatic N) is 2. The molecular formula is C12H17N3OS. The van der Waals surface area contributed by atoms with Crippen molar-refractivity contribution in [3.63, 3.8) is 0 Å². The van der Waals surface area contributed by atoms with Gasteiger partial charge in [-0.1, -0.05) is 29.8 Å². The SMILES string of the molecule is Cc1cc(CSC2=NC3CCCCC3N2)no1. The van der Waals surface area contributed by atoms with Crippen LogP contribution in [0.4, 0.5) is 0 Å². The molecule has 1 aromatic heterocycles. The first-order chi connectivity index (χ1) is 8.31. The molecule has 2 atom stereocenters. The highest BCUT2D eigenvalue weighted by Gasteiger charge is 2.30. The Labute approximate surface area is 105 Å². The maximum Gasteiger partial charge on any atom is 0.157 e. The smallest absolute Gasteiger partial charge is 0.157 e. The molecule has 0 saturated heterocycles. The average molecular weight is 251 g/mol. The average Bonchev–Trinajstić information content (AvgIpc) is 2.91. The molecule has 2 heterocycles. The molecular weight excluding hydrogens is 234 g/mol. The van der Waals surface area contributed by atoms with Crippen LogP contribution in [0.15, 0.2) is 15.6 Å². The zero-order chi connectivity index (χ0) is 11.7. The largest absolute Gasteiger partial charge is 0.361 e. The molecule has 1 aliphatic carbocycles. The van der Waals surface area contributed by atoms with Crippen LogP contribution >= 0.6 is 11.8 Å². The molecule has 2 unspecified atom stereocenters. The molecule has 1 N–H and O–H groups in total. The van der Waals surface area contributed by atoms with Gasteiger partial charge in [-0.2, -0.15) is 0 Å². The van der Waals surface area contributed by atoms with Crippen molar-refractivity contribution in [1.29, 1.82) is 0 Å². The van der Waals surface area contributed by atoms with E-state index in [0.29, 0.717) is 12.1 Å². The first-order valence-electron chi connectivity index (χ1n) is 6.20. The number of fused-ring (bicyclic) bond motifs is 1. The van der Waals surface area contributed by atoms with E-state index in [0.717, 1.165) is 22.4 Å². The van der Waals surface area contributed by atoms with E-state index in [1.165, 1.54) is 25.7 Å². The Morgan fingerprint density at radius 2 is 2.35 bits per heavy atom. The van der Waals surface area contributed by atoms with Gasteiger partial charge in [-0.25, -0.2) is 0 Å². The first-order valence-corrected chi connectivity index (χ1v) is 7.19. The summed E-state index contributed by atoms with van der Waals surface area (Å²) in [6, 6.07) is 3.09. The van der Waals surface area contributed by atoms with Gasteiger partial charge in [0.25, 0.3) is 0 Å². The maximum atomic E-state index is 5.05. The van der Waals surface area contributed by atoms with Crippen LogP contribution in [-0.4, -0.2) is 22.4 Å². The van der Waals surface area contributed by atoms with Gasteiger partial charge in [-0.15, -0.1) is 0 Å². The number of amidine groups is 1. The zero-order valence-corrected chi connectivity index (χ0v) is 10.8. The lowest BCUT2D eigenvalue weighted by Gasteiger charge is -2.23. The fourth-order valence-corrected chi connectivity index (χ4v) is 3.35. The molecule has 0 amide bonds. The summed E-state index contributed by atoms with van der Waals surface area (Å²) in [7, 11) is 0. The van der Waals surface area contributed by atoms with E-state index < -0.39 is 0 Å². The Balaban J connectivity index is 1.56. The molecule has 1 aliphatic heterocycles. The number of nitrogens with one attached hydrogen (secondary N) is 1. The molecule has 92 valence electrons. The molecule has 4 nitrogen and oxygen atoms in total. The number of rotatable bonds is 2. The quantitative estimate of drug-likeness (QED) is 0.877. The third-order valence-electron chi connectivity index (χ3n) is 3.35. The standard InChI is InChI=1S/C12H17N3OS/c1-8-6-9(15-16-8)7-17-12-13-10-4-2-3-5-11(10)14-12/h6,10-11H,2-5,7H2,1H3,(H,13,14). The van der Waals surface area contributed by atoms with E-state index in [4.69, 9.17) is 9.52 Å². The number of aromatic nitrogens is 1. The Bertz CT molecular complexity index is 429. The van der Waals surface area contributed by atoms with Gasteiger partial charge in [-0.3, -0.25) is 4.99 Å². The Morgan fingerprint density at radius 3 is 3.12 bits per heavy atom. The predicted molar refractivity (Wildman–Crippen MR) is 69.1 cm³/mol. The molecule has 0 bridgehead atoms. The second kappa shape index (κ2) is 4.72. The minimum absolute atomic E-state index is 0.519. The van der Waals surface area contributed by atoms with Crippen LogP contribution in [0.5, 0.6) is 0 Å². The lowest BCUT2D eigenvalue weighted by atomic mass is 9.92. The molecule has 0 radical (unpaired) electrons. The summed E-state index contributed by atoms with van der Waals surface area (Å²) in [5, 5.41) is 8.60. The van der Waals surface area contributed by atoms with Crippen molar-refractivity contribution in [2.24, 2.45) is 4.99 Å². The Hall–Kier alpha value is -0.970. The Morgan fingerprint density at radius 1 is 1.47 bits per heavy atom. The second-order valence-electron chi connectivity index (χ2n) is 4.75. The summed E-state index contributed by atoms with van der Waals surface area (Å²) < 4.78 is 5.05. The van der Waals surface area contributed by atoms with Crippen LogP contribution in [0.25, 0.3) is 0 Å². The molecule has 3 rings (SSSR count). The van der Waals surface area contributed by atoms with E-state index in [-0.39, 0.29) is 0 Å². The molecule has 5 heteroatoms. The topological polar surface area (TPSA) is 50.4 Å². The van der Waals surface area contributed by atoms with Gasteiger partial charge in [0.1, 0.15) is 5.76 Å². The highest BCUT2D eigenvalue weighted by Crippen LogP contribution is 2.27. The maximum absolute atomic E-state index is 5.05.